The van der Waals surface area contributed by atoms with Crippen LogP contribution in [0.25, 0.3) is 0 Å². The second-order valence-corrected chi connectivity index (χ2v) is 8.09. The largest absolute Gasteiger partial charge is 0.417 e. The lowest BCUT2D eigenvalue weighted by Crippen LogP contribution is -2.45. The van der Waals surface area contributed by atoms with Crippen molar-refractivity contribution >= 4 is 9.47 Å². The quantitative estimate of drug-likeness (QED) is 0.610. The van der Waals surface area contributed by atoms with E-state index in [1.54, 1.807) is 0 Å². The fraction of sp³-hybridized carbons (Fsp3) is 1.00. The zero-order valence-electron chi connectivity index (χ0n) is 13.4. The summed E-state index contributed by atoms with van der Waals surface area (Å²) in [4.78, 5) is 0. The molecule has 7 atom stereocenters. The van der Waals surface area contributed by atoms with Crippen molar-refractivity contribution in [1.29, 1.82) is 0 Å². The third-order valence-electron chi connectivity index (χ3n) is 6.01. The maximum Gasteiger partial charge on any atom is 0.417 e. The van der Waals surface area contributed by atoms with Crippen molar-refractivity contribution in [3.63, 3.8) is 0 Å². The Bertz CT molecular complexity index is 371. The summed E-state index contributed by atoms with van der Waals surface area (Å²) in [5.74, 6) is 3.10. The lowest BCUT2D eigenvalue weighted by molar-refractivity contribution is -0.245. The second-order valence-electron chi connectivity index (χ2n) is 7.86. The van der Waals surface area contributed by atoms with Crippen molar-refractivity contribution < 1.29 is 17.7 Å². The first-order valence-electron chi connectivity index (χ1n) is 8.03. The lowest BCUT2D eigenvalue weighted by Gasteiger charge is -2.40. The maximum atomic E-state index is 13.2. The highest BCUT2D eigenvalue weighted by Crippen LogP contribution is 2.59. The summed E-state index contributed by atoms with van der Waals surface area (Å²) in [6.45, 7) is 7.90. The molecule has 2 aliphatic rings. The van der Waals surface area contributed by atoms with Crippen molar-refractivity contribution in [1.82, 2.24) is 0 Å². The standard InChI is InChI=1S/C16H28F3OP/c1-9(2)5-13-10(3)11-6-12(14(13)7-11)8-15(4,20-21)16(17,18)19/h9-14H,5-8,21H2,1-4H3. The van der Waals surface area contributed by atoms with Gasteiger partial charge in [-0.3, -0.25) is 0 Å². The minimum absolute atomic E-state index is 0.0997. The van der Waals surface area contributed by atoms with E-state index in [0.29, 0.717) is 29.6 Å². The summed E-state index contributed by atoms with van der Waals surface area (Å²) >= 11 is 0. The van der Waals surface area contributed by atoms with E-state index in [9.17, 15) is 13.2 Å². The van der Waals surface area contributed by atoms with Gasteiger partial charge in [0.15, 0.2) is 5.60 Å². The number of rotatable bonds is 5. The third kappa shape index (κ3) is 3.27. The van der Waals surface area contributed by atoms with Crippen molar-refractivity contribution in [3.05, 3.63) is 0 Å². The number of alkyl halides is 3. The van der Waals surface area contributed by atoms with Crippen LogP contribution in [0.1, 0.15) is 53.4 Å². The minimum atomic E-state index is -4.31. The Labute approximate surface area is 128 Å². The summed E-state index contributed by atoms with van der Waals surface area (Å²) in [5, 5.41) is 0. The molecule has 7 unspecified atom stereocenters. The molecule has 0 heterocycles. The summed E-state index contributed by atoms with van der Waals surface area (Å²) in [7, 11) is 1.82. The Morgan fingerprint density at radius 2 is 1.86 bits per heavy atom. The zero-order chi connectivity index (χ0) is 16.0. The third-order valence-corrected chi connectivity index (χ3v) is 6.53. The van der Waals surface area contributed by atoms with Crippen LogP contribution in [-0.2, 0) is 4.52 Å². The number of halogens is 3. The lowest BCUT2D eigenvalue weighted by atomic mass is 9.69. The molecule has 2 bridgehead atoms. The van der Waals surface area contributed by atoms with Gasteiger partial charge in [0.05, 0.1) is 0 Å². The van der Waals surface area contributed by atoms with Crippen LogP contribution in [0, 0.1) is 35.5 Å². The summed E-state index contributed by atoms with van der Waals surface area (Å²) in [6, 6.07) is 0. The van der Waals surface area contributed by atoms with Gasteiger partial charge in [-0.25, -0.2) is 0 Å². The van der Waals surface area contributed by atoms with Crippen molar-refractivity contribution in [3.8, 4) is 0 Å². The molecule has 0 saturated heterocycles. The predicted molar refractivity (Wildman–Crippen MR) is 81.7 cm³/mol. The Hall–Kier alpha value is 0.180. The van der Waals surface area contributed by atoms with E-state index in [-0.39, 0.29) is 12.3 Å². The van der Waals surface area contributed by atoms with Crippen LogP contribution in [0.15, 0.2) is 0 Å². The maximum absolute atomic E-state index is 13.2. The average molecular weight is 324 g/mol. The Balaban J connectivity index is 2.09. The fourth-order valence-electron chi connectivity index (χ4n) is 4.79. The number of hydrogen-bond acceptors (Lipinski definition) is 1. The molecule has 2 rings (SSSR count). The fourth-order valence-corrected chi connectivity index (χ4v) is 5.02. The van der Waals surface area contributed by atoms with Gasteiger partial charge in [0, 0.05) is 9.47 Å². The average Bonchev–Trinajstić information content (AvgIpc) is 2.87. The Kier molecular flexibility index (Phi) is 5.01. The first-order valence-corrected chi connectivity index (χ1v) is 8.50. The number of hydrogen-bond donors (Lipinski definition) is 0. The van der Waals surface area contributed by atoms with Gasteiger partial charge in [-0.15, -0.1) is 0 Å². The molecular formula is C16H28F3OP. The highest BCUT2D eigenvalue weighted by atomic mass is 31.0. The van der Waals surface area contributed by atoms with Crippen molar-refractivity contribution in [2.24, 2.45) is 35.5 Å². The molecular weight excluding hydrogens is 296 g/mol. The first kappa shape index (κ1) is 17.5. The van der Waals surface area contributed by atoms with Gasteiger partial charge in [-0.2, -0.15) is 13.2 Å². The summed E-state index contributed by atoms with van der Waals surface area (Å²) in [6.07, 6.45) is -1.00. The molecule has 0 spiro atoms. The molecule has 2 aliphatic carbocycles. The molecule has 0 N–H and O–H groups in total. The minimum Gasteiger partial charge on any atom is -0.350 e. The normalized spacial score (nSPS) is 39.0. The van der Waals surface area contributed by atoms with Gasteiger partial charge in [-0.05, 0) is 68.1 Å². The molecule has 5 heteroatoms. The molecule has 2 fully saturated rings. The zero-order valence-corrected chi connectivity index (χ0v) is 14.6. The van der Waals surface area contributed by atoms with Crippen molar-refractivity contribution in [2.45, 2.75) is 65.2 Å². The molecule has 0 amide bonds. The highest BCUT2D eigenvalue weighted by Gasteiger charge is 2.57. The van der Waals surface area contributed by atoms with Crippen LogP contribution in [-0.4, -0.2) is 11.8 Å². The smallest absolute Gasteiger partial charge is 0.350 e. The number of fused-ring (bicyclic) bond motifs is 2. The summed E-state index contributed by atoms with van der Waals surface area (Å²) < 4.78 is 44.5. The second kappa shape index (κ2) is 6.00. The van der Waals surface area contributed by atoms with Gasteiger partial charge in [0.25, 0.3) is 0 Å². The Morgan fingerprint density at radius 3 is 2.29 bits per heavy atom. The van der Waals surface area contributed by atoms with Gasteiger partial charge >= 0.3 is 6.18 Å². The van der Waals surface area contributed by atoms with E-state index >= 15 is 0 Å². The van der Waals surface area contributed by atoms with Crippen LogP contribution in [0.2, 0.25) is 0 Å². The summed E-state index contributed by atoms with van der Waals surface area (Å²) in [5.41, 5.74) is -2.03. The van der Waals surface area contributed by atoms with Gasteiger partial charge in [0.2, 0.25) is 0 Å². The molecule has 21 heavy (non-hydrogen) atoms. The van der Waals surface area contributed by atoms with Gasteiger partial charge in [0.1, 0.15) is 0 Å². The van der Waals surface area contributed by atoms with Gasteiger partial charge < -0.3 is 4.52 Å². The highest BCUT2D eigenvalue weighted by molar-refractivity contribution is 7.09. The van der Waals surface area contributed by atoms with E-state index in [4.69, 9.17) is 4.52 Å². The molecule has 1 nitrogen and oxygen atoms in total. The molecule has 0 radical (unpaired) electrons. The van der Waals surface area contributed by atoms with E-state index in [1.165, 1.54) is 6.92 Å². The van der Waals surface area contributed by atoms with E-state index < -0.39 is 11.8 Å². The molecule has 124 valence electrons. The Morgan fingerprint density at radius 1 is 1.24 bits per heavy atom. The molecule has 0 aromatic rings. The van der Waals surface area contributed by atoms with Crippen LogP contribution in [0.5, 0.6) is 0 Å². The van der Waals surface area contributed by atoms with E-state index in [1.807, 2.05) is 9.47 Å². The van der Waals surface area contributed by atoms with Crippen LogP contribution in [0.4, 0.5) is 13.2 Å². The van der Waals surface area contributed by atoms with E-state index in [0.717, 1.165) is 19.3 Å². The molecule has 2 saturated carbocycles. The topological polar surface area (TPSA) is 9.23 Å². The predicted octanol–water partition coefficient (Wildman–Crippen LogP) is 5.46. The van der Waals surface area contributed by atoms with Crippen LogP contribution < -0.4 is 0 Å². The van der Waals surface area contributed by atoms with Crippen LogP contribution >= 0.6 is 9.47 Å². The van der Waals surface area contributed by atoms with Crippen molar-refractivity contribution in [2.75, 3.05) is 0 Å². The molecule has 0 aromatic heterocycles. The first-order chi connectivity index (χ1) is 9.59. The molecule has 0 aliphatic heterocycles. The van der Waals surface area contributed by atoms with Gasteiger partial charge in [-0.1, -0.05) is 20.8 Å². The molecule has 0 aromatic carbocycles. The van der Waals surface area contributed by atoms with Crippen LogP contribution in [0.3, 0.4) is 0 Å². The monoisotopic (exact) mass is 324 g/mol. The van der Waals surface area contributed by atoms with E-state index in [2.05, 4.69) is 20.8 Å². The SMILES string of the molecule is CC(C)CC1C(C)C2CC(CC(C)(OP)C(F)(F)F)C1C2.